The van der Waals surface area contributed by atoms with Crippen LogP contribution in [0, 0.1) is 0 Å². The van der Waals surface area contributed by atoms with Crippen molar-refractivity contribution < 1.29 is 9.59 Å². The van der Waals surface area contributed by atoms with Gasteiger partial charge in [0.15, 0.2) is 5.11 Å². The average Bonchev–Trinajstić information content (AvgIpc) is 2.74. The fourth-order valence-electron chi connectivity index (χ4n) is 3.23. The number of carbonyl (C=O) groups excluding carboxylic acids is 2. The smallest absolute Gasteiger partial charge is 0.257 e. The molecular formula is C21H22Cl2N4O2S. The van der Waals surface area contributed by atoms with E-state index in [1.807, 2.05) is 17.9 Å². The number of rotatable bonds is 4. The van der Waals surface area contributed by atoms with Gasteiger partial charge in [0.2, 0.25) is 5.91 Å². The summed E-state index contributed by atoms with van der Waals surface area (Å²) in [4.78, 5) is 28.3. The fourth-order valence-corrected chi connectivity index (χ4v) is 3.74. The highest BCUT2D eigenvalue weighted by molar-refractivity contribution is 7.80. The van der Waals surface area contributed by atoms with Gasteiger partial charge in [-0.1, -0.05) is 30.1 Å². The van der Waals surface area contributed by atoms with E-state index in [1.54, 1.807) is 36.4 Å². The van der Waals surface area contributed by atoms with Crippen LogP contribution in [0.1, 0.15) is 23.7 Å². The van der Waals surface area contributed by atoms with Crippen molar-refractivity contribution in [1.29, 1.82) is 0 Å². The first-order valence-electron chi connectivity index (χ1n) is 9.57. The van der Waals surface area contributed by atoms with E-state index >= 15 is 0 Å². The number of amides is 2. The third-order valence-corrected chi connectivity index (χ3v) is 5.51. The van der Waals surface area contributed by atoms with Crippen LogP contribution >= 0.6 is 35.4 Å². The number of carbonyl (C=O) groups is 2. The molecule has 1 aliphatic rings. The summed E-state index contributed by atoms with van der Waals surface area (Å²) in [6.07, 6.45) is 0.509. The first-order valence-corrected chi connectivity index (χ1v) is 10.7. The van der Waals surface area contributed by atoms with Gasteiger partial charge in [-0.3, -0.25) is 14.9 Å². The molecule has 1 saturated heterocycles. The summed E-state index contributed by atoms with van der Waals surface area (Å²) in [5.74, 6) is -0.172. The summed E-state index contributed by atoms with van der Waals surface area (Å²) >= 11 is 17.4. The molecule has 2 aromatic carbocycles. The zero-order valence-corrected chi connectivity index (χ0v) is 18.8. The van der Waals surface area contributed by atoms with Crippen LogP contribution in [0.3, 0.4) is 0 Å². The molecule has 0 atom stereocenters. The van der Waals surface area contributed by atoms with Gasteiger partial charge in [0.05, 0.1) is 11.4 Å². The standard InChI is InChI=1S/C21H22Cl2N4O2S/c1-2-19(28)27-11-9-26(10-12-27)18-8-7-16(23)13-17(18)24-21(30)25-20(29)14-3-5-15(22)6-4-14/h3-8,13H,2,9-12H2,1H3,(H2,24,25,29,30). The van der Waals surface area contributed by atoms with Crippen molar-refractivity contribution in [2.75, 3.05) is 36.4 Å². The molecule has 0 aromatic heterocycles. The predicted molar refractivity (Wildman–Crippen MR) is 126 cm³/mol. The number of hydrogen-bond donors (Lipinski definition) is 2. The van der Waals surface area contributed by atoms with Crippen molar-refractivity contribution in [2.24, 2.45) is 0 Å². The number of anilines is 2. The van der Waals surface area contributed by atoms with Crippen molar-refractivity contribution in [3.8, 4) is 0 Å². The number of nitrogens with one attached hydrogen (secondary N) is 2. The third-order valence-electron chi connectivity index (χ3n) is 4.82. The Morgan fingerprint density at radius 2 is 1.63 bits per heavy atom. The number of halogens is 2. The van der Waals surface area contributed by atoms with Gasteiger partial charge in [-0.2, -0.15) is 0 Å². The quantitative estimate of drug-likeness (QED) is 0.664. The molecule has 30 heavy (non-hydrogen) atoms. The first-order chi connectivity index (χ1) is 14.4. The highest BCUT2D eigenvalue weighted by Crippen LogP contribution is 2.30. The number of piperazine rings is 1. The lowest BCUT2D eigenvalue weighted by atomic mass is 10.2. The minimum absolute atomic E-state index is 0.162. The molecule has 2 N–H and O–H groups in total. The number of hydrogen-bond acceptors (Lipinski definition) is 4. The van der Waals surface area contributed by atoms with Gasteiger partial charge in [-0.05, 0) is 54.7 Å². The van der Waals surface area contributed by atoms with Crippen LogP contribution in [0.15, 0.2) is 42.5 Å². The molecular weight excluding hydrogens is 443 g/mol. The predicted octanol–water partition coefficient (Wildman–Crippen LogP) is 4.18. The molecule has 0 spiro atoms. The van der Waals surface area contributed by atoms with Crippen LogP contribution in [0.25, 0.3) is 0 Å². The summed E-state index contributed by atoms with van der Waals surface area (Å²) in [5.41, 5.74) is 2.05. The number of benzene rings is 2. The Hall–Kier alpha value is -2.35. The van der Waals surface area contributed by atoms with E-state index in [0.717, 1.165) is 5.69 Å². The van der Waals surface area contributed by atoms with Crippen LogP contribution in [0.2, 0.25) is 10.0 Å². The minimum Gasteiger partial charge on any atom is -0.366 e. The molecule has 1 fully saturated rings. The van der Waals surface area contributed by atoms with Crippen LogP contribution in [-0.2, 0) is 4.79 Å². The summed E-state index contributed by atoms with van der Waals surface area (Å²) < 4.78 is 0. The van der Waals surface area contributed by atoms with Crippen LogP contribution in [0.5, 0.6) is 0 Å². The van der Waals surface area contributed by atoms with Crippen molar-refractivity contribution in [2.45, 2.75) is 13.3 Å². The normalized spacial score (nSPS) is 13.7. The molecule has 6 nitrogen and oxygen atoms in total. The summed E-state index contributed by atoms with van der Waals surface area (Å²) in [6.45, 7) is 4.59. The Morgan fingerprint density at radius 1 is 1.00 bits per heavy atom. The lowest BCUT2D eigenvalue weighted by molar-refractivity contribution is -0.131. The molecule has 1 aliphatic heterocycles. The molecule has 1 heterocycles. The van der Waals surface area contributed by atoms with Crippen molar-refractivity contribution in [3.63, 3.8) is 0 Å². The topological polar surface area (TPSA) is 64.7 Å². The van der Waals surface area contributed by atoms with Gasteiger partial charge >= 0.3 is 0 Å². The minimum atomic E-state index is -0.334. The van der Waals surface area contributed by atoms with Crippen molar-refractivity contribution >= 4 is 63.7 Å². The molecule has 3 rings (SSSR count). The van der Waals surface area contributed by atoms with Gasteiger partial charge in [0.25, 0.3) is 5.91 Å². The van der Waals surface area contributed by atoms with E-state index in [9.17, 15) is 9.59 Å². The van der Waals surface area contributed by atoms with Gasteiger partial charge in [-0.25, -0.2) is 0 Å². The maximum Gasteiger partial charge on any atom is 0.257 e. The summed E-state index contributed by atoms with van der Waals surface area (Å²) in [7, 11) is 0. The SMILES string of the molecule is CCC(=O)N1CCN(c2ccc(Cl)cc2NC(=S)NC(=O)c2ccc(Cl)cc2)CC1. The van der Waals surface area contributed by atoms with Gasteiger partial charge in [0, 0.05) is 48.2 Å². The molecule has 0 aliphatic carbocycles. The van der Waals surface area contributed by atoms with Crippen LogP contribution in [-0.4, -0.2) is 48.0 Å². The molecule has 0 unspecified atom stereocenters. The second-order valence-corrected chi connectivity index (χ2v) is 8.08. The number of thiocarbonyl (C=S) groups is 1. The molecule has 2 amide bonds. The number of nitrogens with zero attached hydrogens (tertiary/aromatic N) is 2. The van der Waals surface area contributed by atoms with Crippen LogP contribution < -0.4 is 15.5 Å². The highest BCUT2D eigenvalue weighted by Gasteiger charge is 2.22. The average molecular weight is 465 g/mol. The Kier molecular flexibility index (Phi) is 7.53. The molecule has 0 radical (unpaired) electrons. The zero-order chi connectivity index (χ0) is 21.7. The molecule has 2 aromatic rings. The second-order valence-electron chi connectivity index (χ2n) is 6.80. The van der Waals surface area contributed by atoms with Gasteiger partial charge in [0.1, 0.15) is 0 Å². The highest BCUT2D eigenvalue weighted by atomic mass is 35.5. The fraction of sp³-hybridized carbons (Fsp3) is 0.286. The Bertz CT molecular complexity index is 945. The summed E-state index contributed by atoms with van der Waals surface area (Å²) in [5, 5.41) is 7.01. The second kappa shape index (κ2) is 10.1. The van der Waals surface area contributed by atoms with Gasteiger partial charge in [-0.15, -0.1) is 0 Å². The van der Waals surface area contributed by atoms with Crippen molar-refractivity contribution in [3.05, 3.63) is 58.1 Å². The van der Waals surface area contributed by atoms with E-state index in [0.29, 0.717) is 53.9 Å². The molecule has 9 heteroatoms. The molecule has 158 valence electrons. The van der Waals surface area contributed by atoms with Crippen molar-refractivity contribution in [1.82, 2.24) is 10.2 Å². The monoisotopic (exact) mass is 464 g/mol. The Balaban J connectivity index is 1.68. The maximum absolute atomic E-state index is 12.4. The Labute approximate surface area is 191 Å². The van der Waals surface area contributed by atoms with E-state index in [4.69, 9.17) is 35.4 Å². The van der Waals surface area contributed by atoms with E-state index in [-0.39, 0.29) is 16.9 Å². The lowest BCUT2D eigenvalue weighted by Gasteiger charge is -2.37. The maximum atomic E-state index is 12.4. The van der Waals surface area contributed by atoms with Gasteiger partial charge < -0.3 is 15.1 Å². The lowest BCUT2D eigenvalue weighted by Crippen LogP contribution is -2.48. The van der Waals surface area contributed by atoms with E-state index in [2.05, 4.69) is 15.5 Å². The molecule has 0 saturated carbocycles. The third kappa shape index (κ3) is 5.62. The van der Waals surface area contributed by atoms with E-state index < -0.39 is 0 Å². The molecule has 0 bridgehead atoms. The van der Waals surface area contributed by atoms with Crippen LogP contribution in [0.4, 0.5) is 11.4 Å². The largest absolute Gasteiger partial charge is 0.366 e. The zero-order valence-electron chi connectivity index (χ0n) is 16.5. The van der Waals surface area contributed by atoms with E-state index in [1.165, 1.54) is 0 Å². The summed E-state index contributed by atoms with van der Waals surface area (Å²) in [6, 6.07) is 12.0. The Morgan fingerprint density at radius 3 is 2.27 bits per heavy atom. The first kappa shape index (κ1) is 22.3.